The van der Waals surface area contributed by atoms with Crippen LogP contribution in [0, 0.1) is 18.8 Å². The maximum atomic E-state index is 4.31. The Morgan fingerprint density at radius 2 is 2.38 bits per heavy atom. The van der Waals surface area contributed by atoms with Crippen LogP contribution in [-0.2, 0) is 6.54 Å². The van der Waals surface area contributed by atoms with E-state index in [1.54, 1.807) is 0 Å². The molecule has 0 amide bonds. The van der Waals surface area contributed by atoms with Gasteiger partial charge in [0.1, 0.15) is 0 Å². The fraction of sp³-hybridized carbons (Fsp3) is 0.727. The van der Waals surface area contributed by atoms with Crippen LogP contribution in [0.5, 0.6) is 0 Å². The summed E-state index contributed by atoms with van der Waals surface area (Å²) in [6, 6.07) is 2.08. The Labute approximate surface area is 80.0 Å². The van der Waals surface area contributed by atoms with Crippen LogP contribution in [0.15, 0.2) is 12.3 Å². The van der Waals surface area contributed by atoms with Crippen molar-refractivity contribution in [2.24, 2.45) is 11.8 Å². The van der Waals surface area contributed by atoms with E-state index in [1.807, 2.05) is 6.20 Å². The Hall–Kier alpha value is -0.790. The minimum atomic E-state index is 0.798. The number of hydrogen-bond donors (Lipinski definition) is 0. The number of rotatable bonds is 3. The molecule has 2 nitrogen and oxygen atoms in total. The van der Waals surface area contributed by atoms with E-state index >= 15 is 0 Å². The lowest BCUT2D eigenvalue weighted by molar-refractivity contribution is 0.195. The van der Waals surface area contributed by atoms with Gasteiger partial charge in [-0.2, -0.15) is 5.10 Å². The van der Waals surface area contributed by atoms with Crippen LogP contribution in [0.2, 0.25) is 0 Å². The lowest BCUT2D eigenvalue weighted by Gasteiger charge is -2.31. The summed E-state index contributed by atoms with van der Waals surface area (Å²) in [5.41, 5.74) is 1.28. The van der Waals surface area contributed by atoms with Crippen LogP contribution in [0.1, 0.15) is 31.9 Å². The Balaban J connectivity index is 1.93. The molecule has 1 aromatic rings. The molecule has 13 heavy (non-hydrogen) atoms. The van der Waals surface area contributed by atoms with Crippen LogP contribution in [0.3, 0.4) is 0 Å². The molecule has 2 heteroatoms. The van der Waals surface area contributed by atoms with Crippen LogP contribution >= 0.6 is 0 Å². The zero-order valence-corrected chi connectivity index (χ0v) is 8.53. The van der Waals surface area contributed by atoms with Gasteiger partial charge in [0.2, 0.25) is 0 Å². The molecule has 0 bridgehead atoms. The van der Waals surface area contributed by atoms with Crippen molar-refractivity contribution >= 4 is 0 Å². The molecule has 1 saturated carbocycles. The molecule has 2 rings (SSSR count). The molecule has 1 aliphatic carbocycles. The summed E-state index contributed by atoms with van der Waals surface area (Å²) in [5.74, 6) is 1.76. The Morgan fingerprint density at radius 1 is 1.62 bits per heavy atom. The Kier molecular flexibility index (Phi) is 2.38. The molecule has 1 aliphatic rings. The normalized spacial score (nSPS) is 19.8. The summed E-state index contributed by atoms with van der Waals surface area (Å²) in [4.78, 5) is 0. The topological polar surface area (TPSA) is 17.8 Å². The number of aromatic nitrogens is 2. The van der Waals surface area contributed by atoms with Gasteiger partial charge in [-0.3, -0.25) is 4.68 Å². The molecule has 1 heterocycles. The van der Waals surface area contributed by atoms with Crippen molar-refractivity contribution in [2.45, 2.75) is 39.7 Å². The zero-order valence-electron chi connectivity index (χ0n) is 8.53. The van der Waals surface area contributed by atoms with Crippen LogP contribution in [0.4, 0.5) is 0 Å². The molecule has 0 aliphatic heterocycles. The molecule has 1 aromatic heterocycles. The first-order chi connectivity index (χ1) is 6.27. The third kappa shape index (κ3) is 1.77. The SMILES string of the molecule is Cc1ccnn1CC(C)C1CCC1. The lowest BCUT2D eigenvalue weighted by Crippen LogP contribution is -2.24. The van der Waals surface area contributed by atoms with Gasteiger partial charge in [0.25, 0.3) is 0 Å². The number of nitrogens with zero attached hydrogens (tertiary/aromatic N) is 2. The quantitative estimate of drug-likeness (QED) is 0.695. The predicted molar refractivity (Wildman–Crippen MR) is 53.5 cm³/mol. The molecular formula is C11H18N2. The van der Waals surface area contributed by atoms with Crippen molar-refractivity contribution in [1.29, 1.82) is 0 Å². The molecule has 0 radical (unpaired) electrons. The van der Waals surface area contributed by atoms with Gasteiger partial charge in [-0.1, -0.05) is 26.2 Å². The average molecular weight is 178 g/mol. The summed E-state index contributed by atoms with van der Waals surface area (Å²) >= 11 is 0. The molecule has 72 valence electrons. The maximum absolute atomic E-state index is 4.31. The van der Waals surface area contributed by atoms with Crippen molar-refractivity contribution in [2.75, 3.05) is 0 Å². The molecule has 1 unspecified atom stereocenters. The fourth-order valence-electron chi connectivity index (χ4n) is 2.02. The standard InChI is InChI=1S/C11H18N2/c1-9(11-4-3-5-11)8-13-10(2)6-7-12-13/h6-7,9,11H,3-5,8H2,1-2H3. The Bertz CT molecular complexity index is 273. The van der Waals surface area contributed by atoms with Gasteiger partial charge >= 0.3 is 0 Å². The molecule has 0 spiro atoms. The molecule has 1 atom stereocenters. The molecular weight excluding hydrogens is 160 g/mol. The highest BCUT2D eigenvalue weighted by atomic mass is 15.3. The first kappa shape index (κ1) is 8.79. The fourth-order valence-corrected chi connectivity index (χ4v) is 2.02. The second-order valence-corrected chi connectivity index (χ2v) is 4.32. The second kappa shape index (κ2) is 3.52. The zero-order chi connectivity index (χ0) is 9.26. The average Bonchev–Trinajstić information content (AvgIpc) is 2.32. The monoisotopic (exact) mass is 178 g/mol. The highest BCUT2D eigenvalue weighted by Gasteiger charge is 2.24. The third-order valence-electron chi connectivity index (χ3n) is 3.34. The van der Waals surface area contributed by atoms with Gasteiger partial charge in [-0.25, -0.2) is 0 Å². The van der Waals surface area contributed by atoms with Crippen molar-refractivity contribution in [3.63, 3.8) is 0 Å². The second-order valence-electron chi connectivity index (χ2n) is 4.32. The highest BCUT2D eigenvalue weighted by Crippen LogP contribution is 2.33. The van der Waals surface area contributed by atoms with E-state index in [0.717, 1.165) is 18.4 Å². The predicted octanol–water partition coefficient (Wildman–Crippen LogP) is 2.63. The van der Waals surface area contributed by atoms with Crippen LogP contribution < -0.4 is 0 Å². The number of hydrogen-bond acceptors (Lipinski definition) is 1. The summed E-state index contributed by atoms with van der Waals surface area (Å²) in [6.45, 7) is 5.58. The smallest absolute Gasteiger partial charge is 0.0492 e. The van der Waals surface area contributed by atoms with E-state index < -0.39 is 0 Å². The van der Waals surface area contributed by atoms with Crippen molar-refractivity contribution in [3.05, 3.63) is 18.0 Å². The summed E-state index contributed by atoms with van der Waals surface area (Å²) in [7, 11) is 0. The molecule has 0 N–H and O–H groups in total. The minimum absolute atomic E-state index is 0.798. The molecule has 0 aromatic carbocycles. The highest BCUT2D eigenvalue weighted by molar-refractivity contribution is 4.96. The van der Waals surface area contributed by atoms with Crippen LogP contribution in [-0.4, -0.2) is 9.78 Å². The summed E-state index contributed by atoms with van der Waals surface area (Å²) < 4.78 is 2.13. The van der Waals surface area contributed by atoms with E-state index in [4.69, 9.17) is 0 Å². The largest absolute Gasteiger partial charge is 0.270 e. The van der Waals surface area contributed by atoms with Crippen molar-refractivity contribution < 1.29 is 0 Å². The third-order valence-corrected chi connectivity index (χ3v) is 3.34. The van der Waals surface area contributed by atoms with E-state index in [0.29, 0.717) is 0 Å². The van der Waals surface area contributed by atoms with Gasteiger partial charge in [0.15, 0.2) is 0 Å². The van der Waals surface area contributed by atoms with Gasteiger partial charge < -0.3 is 0 Å². The minimum Gasteiger partial charge on any atom is -0.270 e. The van der Waals surface area contributed by atoms with Gasteiger partial charge in [-0.05, 0) is 24.8 Å². The van der Waals surface area contributed by atoms with E-state index in [-0.39, 0.29) is 0 Å². The lowest BCUT2D eigenvalue weighted by atomic mass is 9.77. The first-order valence-electron chi connectivity index (χ1n) is 5.26. The summed E-state index contributed by atoms with van der Waals surface area (Å²) in [6.07, 6.45) is 6.19. The molecule has 0 saturated heterocycles. The van der Waals surface area contributed by atoms with Gasteiger partial charge in [0, 0.05) is 18.4 Å². The number of aryl methyl sites for hydroxylation is 1. The van der Waals surface area contributed by atoms with Gasteiger partial charge in [0.05, 0.1) is 0 Å². The Morgan fingerprint density at radius 3 is 2.85 bits per heavy atom. The van der Waals surface area contributed by atoms with Crippen LogP contribution in [0.25, 0.3) is 0 Å². The van der Waals surface area contributed by atoms with E-state index in [2.05, 4.69) is 29.7 Å². The molecule has 1 fully saturated rings. The summed E-state index contributed by atoms with van der Waals surface area (Å²) in [5, 5.41) is 4.31. The first-order valence-corrected chi connectivity index (χ1v) is 5.26. The van der Waals surface area contributed by atoms with E-state index in [9.17, 15) is 0 Å². The van der Waals surface area contributed by atoms with Crippen molar-refractivity contribution in [1.82, 2.24) is 9.78 Å². The van der Waals surface area contributed by atoms with Gasteiger partial charge in [-0.15, -0.1) is 0 Å². The van der Waals surface area contributed by atoms with E-state index in [1.165, 1.54) is 25.0 Å². The van der Waals surface area contributed by atoms with Crippen molar-refractivity contribution in [3.8, 4) is 0 Å². The maximum Gasteiger partial charge on any atom is 0.0492 e.